The first kappa shape index (κ1) is 23.3. The second kappa shape index (κ2) is 9.44. The van der Waals surface area contributed by atoms with Gasteiger partial charge in [-0.25, -0.2) is 0 Å². The molecule has 0 atom stereocenters. The van der Waals surface area contributed by atoms with E-state index in [0.29, 0.717) is 11.3 Å². The van der Waals surface area contributed by atoms with Crippen molar-refractivity contribution in [2.75, 3.05) is 20.3 Å². The molecule has 0 aromatic heterocycles. The van der Waals surface area contributed by atoms with E-state index >= 15 is 0 Å². The highest BCUT2D eigenvalue weighted by Gasteiger charge is 2.41. The van der Waals surface area contributed by atoms with Crippen molar-refractivity contribution in [2.45, 2.75) is 6.42 Å². The van der Waals surface area contributed by atoms with Gasteiger partial charge in [0, 0.05) is 12.1 Å². The predicted octanol–water partition coefficient (Wildman–Crippen LogP) is 4.72. The molecule has 11 heteroatoms. The first-order chi connectivity index (χ1) is 14.7. The molecule has 1 aliphatic rings. The van der Waals surface area contributed by atoms with Crippen molar-refractivity contribution in [1.29, 1.82) is 0 Å². The van der Waals surface area contributed by atoms with Gasteiger partial charge >= 0.3 is 5.97 Å². The van der Waals surface area contributed by atoms with Gasteiger partial charge in [-0.3, -0.25) is 24.1 Å². The number of halogens is 4. The lowest BCUT2D eigenvalue weighted by Gasteiger charge is -2.13. The minimum Gasteiger partial charge on any atom is -0.497 e. The molecule has 0 aliphatic carbocycles. The number of fused-ring (bicyclic) bond motifs is 1. The third kappa shape index (κ3) is 4.50. The zero-order chi connectivity index (χ0) is 22.9. The second-order valence-corrected chi connectivity index (χ2v) is 7.84. The van der Waals surface area contributed by atoms with Gasteiger partial charge in [-0.2, -0.15) is 0 Å². The molecule has 7 nitrogen and oxygen atoms in total. The normalized spacial score (nSPS) is 12.7. The zero-order valence-corrected chi connectivity index (χ0v) is 18.9. The highest BCUT2D eigenvalue weighted by atomic mass is 35.5. The Hall–Kier alpha value is -2.32. The molecule has 1 aliphatic heterocycles. The highest BCUT2D eigenvalue weighted by molar-refractivity contribution is 6.55. The Labute approximate surface area is 196 Å². The maximum atomic E-state index is 12.6. The van der Waals surface area contributed by atoms with E-state index in [1.54, 1.807) is 12.1 Å². The SMILES string of the molecule is COc1ccc(C(=O)COC(=O)CCN2C(=O)c3c(Cl)c(Cl)c(Cl)c(Cl)c3C2=O)cc1. The quantitative estimate of drug-likeness (QED) is 0.178. The Kier molecular flexibility index (Phi) is 7.11. The zero-order valence-electron chi connectivity index (χ0n) is 15.8. The maximum absolute atomic E-state index is 12.6. The number of esters is 1. The average Bonchev–Trinajstić information content (AvgIpc) is 3.02. The van der Waals surface area contributed by atoms with E-state index in [2.05, 4.69) is 0 Å². The summed E-state index contributed by atoms with van der Waals surface area (Å²) in [5.41, 5.74) is -0.00442. The van der Waals surface area contributed by atoms with Gasteiger partial charge in [-0.1, -0.05) is 46.4 Å². The summed E-state index contributed by atoms with van der Waals surface area (Å²) in [6.45, 7) is -0.792. The van der Waals surface area contributed by atoms with Gasteiger partial charge in [-0.05, 0) is 24.3 Å². The van der Waals surface area contributed by atoms with E-state index < -0.39 is 30.2 Å². The number of benzene rings is 2. The van der Waals surface area contributed by atoms with Crippen molar-refractivity contribution in [3.05, 3.63) is 61.0 Å². The van der Waals surface area contributed by atoms with E-state index in [1.165, 1.54) is 19.2 Å². The molecule has 3 rings (SSSR count). The maximum Gasteiger partial charge on any atom is 0.308 e. The van der Waals surface area contributed by atoms with Crippen LogP contribution in [-0.4, -0.2) is 48.7 Å². The Morgan fingerprint density at radius 2 is 1.39 bits per heavy atom. The molecule has 0 saturated heterocycles. The van der Waals surface area contributed by atoms with E-state index in [4.69, 9.17) is 55.9 Å². The summed E-state index contributed by atoms with van der Waals surface area (Å²) in [6.07, 6.45) is -0.335. The van der Waals surface area contributed by atoms with Crippen LogP contribution < -0.4 is 4.74 Å². The molecular formula is C20H13Cl4NO6. The van der Waals surface area contributed by atoms with Crippen LogP contribution in [-0.2, 0) is 9.53 Å². The number of carbonyl (C=O) groups excluding carboxylic acids is 4. The number of imide groups is 1. The fourth-order valence-corrected chi connectivity index (χ4v) is 3.89. The smallest absolute Gasteiger partial charge is 0.308 e. The Bertz CT molecular complexity index is 1050. The van der Waals surface area contributed by atoms with Gasteiger partial charge in [0.2, 0.25) is 0 Å². The third-order valence-electron chi connectivity index (χ3n) is 4.50. The van der Waals surface area contributed by atoms with Gasteiger partial charge in [0.05, 0.1) is 44.7 Å². The van der Waals surface area contributed by atoms with Crippen LogP contribution in [0.5, 0.6) is 5.75 Å². The summed E-state index contributed by atoms with van der Waals surface area (Å²) in [6, 6.07) is 6.28. The minimum absolute atomic E-state index is 0.147. The van der Waals surface area contributed by atoms with Crippen molar-refractivity contribution in [3.8, 4) is 5.75 Å². The number of ether oxygens (including phenoxy) is 2. The fraction of sp³-hybridized carbons (Fsp3) is 0.200. The predicted molar refractivity (Wildman–Crippen MR) is 115 cm³/mol. The average molecular weight is 505 g/mol. The standard InChI is InChI=1S/C20H13Cl4NO6/c1-30-10-4-2-9(3-5-10)11(26)8-31-12(27)6-7-25-19(28)13-14(20(25)29)16(22)18(24)17(23)15(13)21/h2-5H,6-8H2,1H3. The lowest BCUT2D eigenvalue weighted by atomic mass is 10.1. The van der Waals surface area contributed by atoms with Crippen LogP contribution in [0.1, 0.15) is 37.5 Å². The minimum atomic E-state index is -0.772. The first-order valence-electron chi connectivity index (χ1n) is 8.72. The molecule has 0 unspecified atom stereocenters. The molecule has 0 saturated carbocycles. The number of Topliss-reactive ketones (excluding diaryl/α,β-unsaturated/α-hetero) is 1. The van der Waals surface area contributed by atoms with Gasteiger partial charge in [0.25, 0.3) is 11.8 Å². The molecule has 2 aromatic rings. The van der Waals surface area contributed by atoms with Gasteiger partial charge < -0.3 is 9.47 Å². The Morgan fingerprint density at radius 3 is 1.87 bits per heavy atom. The van der Waals surface area contributed by atoms with Crippen molar-refractivity contribution >= 4 is 70.0 Å². The summed E-state index contributed by atoms with van der Waals surface area (Å²) in [5.74, 6) is -2.12. The van der Waals surface area contributed by atoms with E-state index in [0.717, 1.165) is 4.90 Å². The first-order valence-corrected chi connectivity index (χ1v) is 10.2. The highest BCUT2D eigenvalue weighted by Crippen LogP contribution is 2.44. The van der Waals surface area contributed by atoms with Crippen LogP contribution in [0.4, 0.5) is 0 Å². The molecule has 31 heavy (non-hydrogen) atoms. The molecule has 0 bridgehead atoms. The van der Waals surface area contributed by atoms with Crippen LogP contribution in [0.25, 0.3) is 0 Å². The number of rotatable bonds is 7. The number of hydrogen-bond donors (Lipinski definition) is 0. The van der Waals surface area contributed by atoms with Crippen molar-refractivity contribution in [3.63, 3.8) is 0 Å². The van der Waals surface area contributed by atoms with E-state index in [9.17, 15) is 19.2 Å². The molecule has 0 N–H and O–H groups in total. The second-order valence-electron chi connectivity index (χ2n) is 6.33. The Balaban J connectivity index is 1.61. The largest absolute Gasteiger partial charge is 0.497 e. The van der Waals surface area contributed by atoms with Gasteiger partial charge in [-0.15, -0.1) is 0 Å². The molecule has 0 spiro atoms. The summed E-state index contributed by atoms with van der Waals surface area (Å²) in [7, 11) is 1.50. The summed E-state index contributed by atoms with van der Waals surface area (Å²) in [5, 5.41) is -0.683. The molecule has 0 radical (unpaired) electrons. The summed E-state index contributed by atoms with van der Waals surface area (Å²) in [4.78, 5) is 50.1. The Morgan fingerprint density at radius 1 is 0.871 bits per heavy atom. The number of nitrogens with zero attached hydrogens (tertiary/aromatic N) is 1. The van der Waals surface area contributed by atoms with Gasteiger partial charge in [0.1, 0.15) is 5.75 Å². The molecule has 2 amide bonds. The van der Waals surface area contributed by atoms with Crippen molar-refractivity contribution < 1.29 is 28.7 Å². The monoisotopic (exact) mass is 503 g/mol. The van der Waals surface area contributed by atoms with Crippen LogP contribution in [0.15, 0.2) is 24.3 Å². The van der Waals surface area contributed by atoms with E-state index in [1.807, 2.05) is 0 Å². The van der Waals surface area contributed by atoms with Gasteiger partial charge in [0.15, 0.2) is 12.4 Å². The van der Waals surface area contributed by atoms with Crippen molar-refractivity contribution in [1.82, 2.24) is 4.90 Å². The molecule has 0 fully saturated rings. The topological polar surface area (TPSA) is 90.0 Å². The molecule has 1 heterocycles. The number of methoxy groups -OCH3 is 1. The van der Waals surface area contributed by atoms with Crippen LogP contribution in [0, 0.1) is 0 Å². The number of ketones is 1. The third-order valence-corrected chi connectivity index (χ3v) is 6.30. The van der Waals surface area contributed by atoms with Crippen LogP contribution >= 0.6 is 46.4 Å². The number of hydrogen-bond acceptors (Lipinski definition) is 6. The lowest BCUT2D eigenvalue weighted by molar-refractivity contribution is -0.142. The molecule has 162 valence electrons. The van der Waals surface area contributed by atoms with E-state index in [-0.39, 0.29) is 44.2 Å². The lowest BCUT2D eigenvalue weighted by Crippen LogP contribution is -2.32. The summed E-state index contributed by atoms with van der Waals surface area (Å²) < 4.78 is 9.95. The van der Waals surface area contributed by atoms with Crippen molar-refractivity contribution in [2.24, 2.45) is 0 Å². The fourth-order valence-electron chi connectivity index (χ4n) is 2.88. The van der Waals surface area contributed by atoms with Crippen LogP contribution in [0.2, 0.25) is 20.1 Å². The summed E-state index contributed by atoms with van der Waals surface area (Å²) >= 11 is 24.0. The molecular weight excluding hydrogens is 492 g/mol. The number of amides is 2. The molecule has 2 aromatic carbocycles. The number of carbonyl (C=O) groups is 4. The van der Waals surface area contributed by atoms with Crippen LogP contribution in [0.3, 0.4) is 0 Å².